The van der Waals surface area contributed by atoms with E-state index >= 15 is 0 Å². The Morgan fingerprint density at radius 3 is 2.03 bits per heavy atom. The van der Waals surface area contributed by atoms with Gasteiger partial charge in [0.2, 0.25) is 6.29 Å². The van der Waals surface area contributed by atoms with E-state index in [2.05, 4.69) is 0 Å². The number of carbonyl (C=O) groups excluding carboxylic acids is 2. The van der Waals surface area contributed by atoms with Crippen LogP contribution in [0.3, 0.4) is 0 Å². The van der Waals surface area contributed by atoms with Crippen molar-refractivity contribution in [2.24, 2.45) is 0 Å². The summed E-state index contributed by atoms with van der Waals surface area (Å²) in [5, 5.41) is 39.2. The highest BCUT2D eigenvalue weighted by atomic mass is 35.5. The summed E-state index contributed by atoms with van der Waals surface area (Å²) in [5.41, 5.74) is 0.836. The van der Waals surface area contributed by atoms with Crippen LogP contribution in [0.25, 0.3) is 0 Å². The van der Waals surface area contributed by atoms with Crippen molar-refractivity contribution in [3.63, 3.8) is 0 Å². The number of halogens is 1. The molecule has 11 heteroatoms. The fourth-order valence-electron chi connectivity index (χ4n) is 3.25. The van der Waals surface area contributed by atoms with E-state index in [9.17, 15) is 29.7 Å². The molecule has 3 rings (SSSR count). The number of aliphatic hydroxyl groups excluding tert-OH is 3. The molecule has 182 valence electrons. The van der Waals surface area contributed by atoms with Crippen molar-refractivity contribution in [3.05, 3.63) is 64.7 Å². The molecule has 0 bridgehead atoms. The number of carboxylic acid groups (broad SMARTS) is 1. The molecular formula is C23H23ClO10. The van der Waals surface area contributed by atoms with E-state index in [-0.39, 0.29) is 18.0 Å². The molecule has 1 saturated heterocycles. The van der Waals surface area contributed by atoms with Crippen molar-refractivity contribution in [2.45, 2.75) is 50.2 Å². The normalized spacial score (nSPS) is 25.3. The fourth-order valence-corrected chi connectivity index (χ4v) is 3.38. The van der Waals surface area contributed by atoms with Gasteiger partial charge < -0.3 is 34.6 Å². The van der Waals surface area contributed by atoms with E-state index in [4.69, 9.17) is 30.9 Å². The Bertz CT molecular complexity index is 1020. The number of ether oxygens (including phenoxy) is 3. The van der Waals surface area contributed by atoms with Gasteiger partial charge in [-0.25, -0.2) is 9.59 Å². The van der Waals surface area contributed by atoms with Crippen LogP contribution in [0, 0.1) is 0 Å². The zero-order chi connectivity index (χ0) is 25.0. The molecule has 10 nitrogen and oxygen atoms in total. The first-order valence-corrected chi connectivity index (χ1v) is 10.7. The molecule has 6 atom stereocenters. The third-order valence-electron chi connectivity index (χ3n) is 5.18. The van der Waals surface area contributed by atoms with Gasteiger partial charge in [0, 0.05) is 16.1 Å². The second-order valence-corrected chi connectivity index (χ2v) is 7.98. The molecule has 1 aliphatic heterocycles. The van der Waals surface area contributed by atoms with Gasteiger partial charge in [0.25, 0.3) is 0 Å². The minimum Gasteiger partial charge on any atom is -0.479 e. The molecule has 1 fully saturated rings. The average molecular weight is 495 g/mol. The predicted molar refractivity (Wildman–Crippen MR) is 116 cm³/mol. The standard InChI is InChI=1S/C23H23ClO10/c1-2-15(22(31)34-23-19(28)17(26)18(27)20(33-23)21(29)30)32-14-9-5-12(6-10-14)16(25)11-3-7-13(24)8-4-11/h3-10,15,17-20,23,26-28H,2H2,1H3,(H,29,30)/t15?,17-,18-,19+,20-,23-/m0/s1. The predicted octanol–water partition coefficient (Wildman–Crippen LogP) is 1.16. The van der Waals surface area contributed by atoms with Crippen LogP contribution in [0.1, 0.15) is 29.3 Å². The molecular weight excluding hydrogens is 472 g/mol. The molecule has 0 radical (unpaired) electrons. The Morgan fingerprint density at radius 2 is 1.50 bits per heavy atom. The molecule has 0 amide bonds. The van der Waals surface area contributed by atoms with Crippen LogP contribution in [0.4, 0.5) is 0 Å². The summed E-state index contributed by atoms with van der Waals surface area (Å²) in [6.45, 7) is 1.63. The second kappa shape index (κ2) is 10.9. The number of rotatable bonds is 8. The van der Waals surface area contributed by atoms with Crippen LogP contribution < -0.4 is 4.74 Å². The van der Waals surface area contributed by atoms with Crippen molar-refractivity contribution in [1.29, 1.82) is 0 Å². The van der Waals surface area contributed by atoms with Gasteiger partial charge >= 0.3 is 11.9 Å². The molecule has 0 saturated carbocycles. The van der Waals surface area contributed by atoms with E-state index in [1.807, 2.05) is 0 Å². The lowest BCUT2D eigenvalue weighted by Crippen LogP contribution is -2.61. The summed E-state index contributed by atoms with van der Waals surface area (Å²) < 4.78 is 15.6. The summed E-state index contributed by atoms with van der Waals surface area (Å²) in [6.07, 6.45) is -10.4. The minimum atomic E-state index is -1.91. The highest BCUT2D eigenvalue weighted by Gasteiger charge is 2.49. The van der Waals surface area contributed by atoms with E-state index in [1.54, 1.807) is 31.2 Å². The number of carboxylic acids is 1. The van der Waals surface area contributed by atoms with Crippen LogP contribution in [-0.4, -0.2) is 75.0 Å². The number of carbonyl (C=O) groups is 3. The lowest BCUT2D eigenvalue weighted by atomic mass is 9.99. The minimum absolute atomic E-state index is 0.140. The highest BCUT2D eigenvalue weighted by Crippen LogP contribution is 2.24. The van der Waals surface area contributed by atoms with Gasteiger partial charge in [-0.3, -0.25) is 4.79 Å². The smallest absolute Gasteiger partial charge is 0.349 e. The number of ketones is 1. The summed E-state index contributed by atoms with van der Waals surface area (Å²) in [5.74, 6) is -2.57. The quantitative estimate of drug-likeness (QED) is 0.309. The van der Waals surface area contributed by atoms with Crippen molar-refractivity contribution in [1.82, 2.24) is 0 Å². The van der Waals surface area contributed by atoms with Crippen molar-refractivity contribution in [3.8, 4) is 5.75 Å². The van der Waals surface area contributed by atoms with Gasteiger partial charge in [0.1, 0.15) is 24.1 Å². The maximum atomic E-state index is 12.6. The fraction of sp³-hybridized carbons (Fsp3) is 0.348. The van der Waals surface area contributed by atoms with Crippen molar-refractivity contribution < 1.29 is 49.0 Å². The maximum absolute atomic E-state index is 12.6. The van der Waals surface area contributed by atoms with Crippen LogP contribution in [0.5, 0.6) is 5.75 Å². The Labute approximate surface area is 199 Å². The first-order valence-electron chi connectivity index (χ1n) is 10.3. The van der Waals surface area contributed by atoms with E-state index in [0.717, 1.165) is 0 Å². The van der Waals surface area contributed by atoms with Gasteiger partial charge in [-0.05, 0) is 55.0 Å². The number of aliphatic carboxylic acids is 1. The largest absolute Gasteiger partial charge is 0.479 e. The first-order chi connectivity index (χ1) is 16.1. The molecule has 0 spiro atoms. The van der Waals surface area contributed by atoms with E-state index in [0.29, 0.717) is 16.1 Å². The van der Waals surface area contributed by atoms with Crippen molar-refractivity contribution >= 4 is 29.3 Å². The molecule has 0 aliphatic carbocycles. The summed E-state index contributed by atoms with van der Waals surface area (Å²) in [6, 6.07) is 12.4. The second-order valence-electron chi connectivity index (χ2n) is 7.55. The molecule has 34 heavy (non-hydrogen) atoms. The van der Waals surface area contributed by atoms with Gasteiger partial charge in [-0.15, -0.1) is 0 Å². The molecule has 1 aliphatic rings. The number of hydrogen-bond donors (Lipinski definition) is 4. The number of aliphatic hydroxyl groups is 3. The van der Waals surface area contributed by atoms with Gasteiger partial charge in [0.05, 0.1) is 0 Å². The van der Waals surface area contributed by atoms with Crippen LogP contribution in [0.15, 0.2) is 48.5 Å². The lowest BCUT2D eigenvalue weighted by molar-refractivity contribution is -0.288. The molecule has 2 aromatic carbocycles. The maximum Gasteiger partial charge on any atom is 0.349 e. The molecule has 4 N–H and O–H groups in total. The number of benzene rings is 2. The molecule has 2 aromatic rings. The molecule has 1 heterocycles. The zero-order valence-electron chi connectivity index (χ0n) is 17.9. The summed E-state index contributed by atoms with van der Waals surface area (Å²) >= 11 is 5.84. The monoisotopic (exact) mass is 494 g/mol. The summed E-state index contributed by atoms with van der Waals surface area (Å²) in [4.78, 5) is 36.3. The average Bonchev–Trinajstić information content (AvgIpc) is 2.83. The lowest BCUT2D eigenvalue weighted by Gasteiger charge is -2.38. The molecule has 0 aromatic heterocycles. The van der Waals surface area contributed by atoms with E-state index < -0.39 is 48.7 Å². The van der Waals surface area contributed by atoms with Gasteiger partial charge in [-0.2, -0.15) is 0 Å². The van der Waals surface area contributed by atoms with Crippen LogP contribution in [0.2, 0.25) is 5.02 Å². The van der Waals surface area contributed by atoms with Crippen LogP contribution in [-0.2, 0) is 19.1 Å². The molecule has 1 unspecified atom stereocenters. The first kappa shape index (κ1) is 25.6. The zero-order valence-corrected chi connectivity index (χ0v) is 18.7. The van der Waals surface area contributed by atoms with Gasteiger partial charge in [0.15, 0.2) is 18.0 Å². The number of hydrogen-bond acceptors (Lipinski definition) is 9. The highest BCUT2D eigenvalue weighted by molar-refractivity contribution is 6.30. The third kappa shape index (κ3) is 5.72. The summed E-state index contributed by atoms with van der Waals surface area (Å²) in [7, 11) is 0. The Hall–Kier alpha value is -3.02. The SMILES string of the molecule is CCC(Oc1ccc(C(=O)c2ccc(Cl)cc2)cc1)C(=O)O[C@@H]1O[C@H](C(=O)O)[C@@H](O)[C@H](O)[C@H]1O. The number of esters is 1. The third-order valence-corrected chi connectivity index (χ3v) is 5.43. The topological polar surface area (TPSA) is 160 Å². The van der Waals surface area contributed by atoms with Crippen LogP contribution >= 0.6 is 11.6 Å². The Kier molecular flexibility index (Phi) is 8.24. The van der Waals surface area contributed by atoms with E-state index in [1.165, 1.54) is 24.3 Å². The van der Waals surface area contributed by atoms with Gasteiger partial charge in [-0.1, -0.05) is 18.5 Å². The Morgan fingerprint density at radius 1 is 0.941 bits per heavy atom. The van der Waals surface area contributed by atoms with Crippen molar-refractivity contribution in [2.75, 3.05) is 0 Å². The Balaban J connectivity index is 1.65.